The first-order valence-corrected chi connectivity index (χ1v) is 7.55. The number of piperazine rings is 1. The van der Waals surface area contributed by atoms with Crippen LogP contribution in [-0.4, -0.2) is 49.8 Å². The van der Waals surface area contributed by atoms with Gasteiger partial charge in [-0.3, -0.25) is 4.90 Å². The predicted molar refractivity (Wildman–Crippen MR) is 83.1 cm³/mol. The van der Waals surface area contributed by atoms with Crippen molar-refractivity contribution in [3.8, 4) is 5.75 Å². The lowest BCUT2D eigenvalue weighted by Crippen LogP contribution is -2.46. The first kappa shape index (κ1) is 22.8. The van der Waals surface area contributed by atoms with Crippen molar-refractivity contribution in [1.82, 2.24) is 10.2 Å². The zero-order chi connectivity index (χ0) is 18.7. The number of nitrogens with zero attached hydrogens (tertiary/aromatic N) is 1. The topological polar surface area (TPSA) is 24.5 Å². The van der Waals surface area contributed by atoms with Crippen molar-refractivity contribution in [2.45, 2.75) is 31.2 Å². The fourth-order valence-corrected chi connectivity index (χ4v) is 2.63. The second-order valence-electron chi connectivity index (χ2n) is 5.65. The molecule has 1 aliphatic heterocycles. The van der Waals surface area contributed by atoms with Crippen LogP contribution in [0.2, 0.25) is 0 Å². The maximum atomic E-state index is 12.9. The first-order valence-electron chi connectivity index (χ1n) is 7.55. The molecule has 0 saturated carbocycles. The molecule has 1 aromatic rings. The monoisotopic (exact) mass is 410 g/mol. The molecular formula is C15H18ClF7N2O. The van der Waals surface area contributed by atoms with Gasteiger partial charge in [-0.15, -0.1) is 12.4 Å². The lowest BCUT2D eigenvalue weighted by Gasteiger charge is -2.35. The van der Waals surface area contributed by atoms with Gasteiger partial charge in [0.1, 0.15) is 5.75 Å². The minimum atomic E-state index is -4.66. The largest absolute Gasteiger partial charge is 0.461 e. The van der Waals surface area contributed by atoms with Crippen LogP contribution in [0, 0.1) is 0 Å². The van der Waals surface area contributed by atoms with E-state index >= 15 is 0 Å². The summed E-state index contributed by atoms with van der Waals surface area (Å²) in [7, 11) is 0. The van der Waals surface area contributed by atoms with E-state index in [1.54, 1.807) is 4.90 Å². The normalized spacial score (nSPS) is 17.7. The first-order chi connectivity index (χ1) is 11.6. The molecule has 150 valence electrons. The lowest BCUT2D eigenvalue weighted by molar-refractivity contribution is -0.253. The lowest BCUT2D eigenvalue weighted by atomic mass is 10.0. The molecule has 0 aliphatic carbocycles. The van der Waals surface area contributed by atoms with E-state index in [0.29, 0.717) is 26.2 Å². The third-order valence-electron chi connectivity index (χ3n) is 3.79. The Morgan fingerprint density at radius 1 is 1.00 bits per heavy atom. The van der Waals surface area contributed by atoms with Gasteiger partial charge in [0, 0.05) is 32.2 Å². The van der Waals surface area contributed by atoms with Crippen molar-refractivity contribution < 1.29 is 35.5 Å². The Labute approximate surface area is 151 Å². The number of hydrogen-bond acceptors (Lipinski definition) is 3. The zero-order valence-corrected chi connectivity index (χ0v) is 14.2. The highest BCUT2D eigenvalue weighted by atomic mass is 35.5. The van der Waals surface area contributed by atoms with Crippen LogP contribution in [0.15, 0.2) is 24.3 Å². The molecule has 1 fully saturated rings. The fraction of sp³-hybridized carbons (Fsp3) is 0.600. The third-order valence-corrected chi connectivity index (χ3v) is 3.79. The summed E-state index contributed by atoms with van der Waals surface area (Å²) in [5, 5.41) is 3.03. The molecule has 11 heteroatoms. The molecule has 0 bridgehead atoms. The van der Waals surface area contributed by atoms with E-state index in [4.69, 9.17) is 0 Å². The van der Waals surface area contributed by atoms with Crippen LogP contribution in [0.25, 0.3) is 0 Å². The quantitative estimate of drug-likeness (QED) is 0.710. The highest BCUT2D eigenvalue weighted by Gasteiger charge is 2.44. The molecule has 0 amide bonds. The van der Waals surface area contributed by atoms with Crippen molar-refractivity contribution in [1.29, 1.82) is 0 Å². The van der Waals surface area contributed by atoms with Gasteiger partial charge >= 0.3 is 18.7 Å². The molecule has 0 radical (unpaired) electrons. The predicted octanol–water partition coefficient (Wildman–Crippen LogP) is 4.24. The molecule has 2 rings (SSSR count). The number of halogens is 8. The molecule has 0 spiro atoms. The van der Waals surface area contributed by atoms with Crippen molar-refractivity contribution in [2.24, 2.45) is 0 Å². The van der Waals surface area contributed by atoms with Crippen molar-refractivity contribution in [3.63, 3.8) is 0 Å². The summed E-state index contributed by atoms with van der Waals surface area (Å²) >= 11 is 0. The molecule has 3 nitrogen and oxygen atoms in total. The van der Waals surface area contributed by atoms with Crippen LogP contribution in [0.3, 0.4) is 0 Å². The molecule has 1 aromatic carbocycles. The van der Waals surface area contributed by atoms with E-state index < -0.39 is 36.9 Å². The van der Waals surface area contributed by atoms with Crippen LogP contribution in [0.5, 0.6) is 5.75 Å². The van der Waals surface area contributed by atoms with Crippen molar-refractivity contribution in [2.75, 3.05) is 26.2 Å². The molecule has 1 aliphatic rings. The average molecular weight is 411 g/mol. The van der Waals surface area contributed by atoms with Gasteiger partial charge in [-0.25, -0.2) is 0 Å². The highest BCUT2D eigenvalue weighted by Crippen LogP contribution is 2.35. The molecule has 1 saturated heterocycles. The van der Waals surface area contributed by atoms with Crippen LogP contribution >= 0.6 is 12.4 Å². The minimum absolute atomic E-state index is 0. The summed E-state index contributed by atoms with van der Waals surface area (Å²) in [5.74, 6) is -0.542. The van der Waals surface area contributed by atoms with Gasteiger partial charge in [0.2, 0.25) is 0 Å². The Morgan fingerprint density at radius 3 is 2.00 bits per heavy atom. The molecule has 26 heavy (non-hydrogen) atoms. The second-order valence-corrected chi connectivity index (χ2v) is 5.65. The fourth-order valence-electron chi connectivity index (χ4n) is 2.63. The van der Waals surface area contributed by atoms with Crippen molar-refractivity contribution in [3.05, 3.63) is 29.8 Å². The standard InChI is InChI=1S/C15H17F7N2O.ClH/c16-13(17)15(21,22)25-11-3-1-10(2-4-11)12(9-14(18,19)20)24-7-5-23-6-8-24;/h1-4,12-13,23H,5-9H2;1H/t12-;/m0./s1. The summed E-state index contributed by atoms with van der Waals surface area (Å²) in [5.41, 5.74) is 0.256. The number of hydrogen-bond donors (Lipinski definition) is 1. The van der Waals surface area contributed by atoms with Gasteiger partial charge in [-0.2, -0.15) is 30.7 Å². The molecule has 1 N–H and O–H groups in total. The Kier molecular flexibility index (Phi) is 7.97. The molecule has 0 aromatic heterocycles. The summed E-state index contributed by atoms with van der Waals surface area (Å²) in [6, 6.07) is 3.34. The molecule has 1 atom stereocenters. The van der Waals surface area contributed by atoms with Crippen LogP contribution < -0.4 is 10.1 Å². The Balaban J connectivity index is 0.00000338. The Bertz CT molecular complexity index is 548. The SMILES string of the molecule is Cl.FC(F)C(F)(F)Oc1ccc([C@H](CC(F)(F)F)N2CCNCC2)cc1. The van der Waals surface area contributed by atoms with E-state index in [9.17, 15) is 30.7 Å². The second kappa shape index (κ2) is 9.09. The number of nitrogens with one attached hydrogen (secondary N) is 1. The van der Waals surface area contributed by atoms with E-state index in [0.717, 1.165) is 12.1 Å². The van der Waals surface area contributed by atoms with E-state index in [2.05, 4.69) is 10.1 Å². The average Bonchev–Trinajstić information content (AvgIpc) is 2.53. The van der Waals surface area contributed by atoms with E-state index in [1.807, 2.05) is 0 Å². The summed E-state index contributed by atoms with van der Waals surface area (Å²) in [4.78, 5) is 1.65. The van der Waals surface area contributed by atoms with Gasteiger partial charge in [-0.1, -0.05) is 12.1 Å². The summed E-state index contributed by atoms with van der Waals surface area (Å²) in [6.07, 6.45) is -14.2. The number of ether oxygens (including phenoxy) is 1. The minimum Gasteiger partial charge on any atom is -0.428 e. The molecule has 0 unspecified atom stereocenters. The smallest absolute Gasteiger partial charge is 0.428 e. The van der Waals surface area contributed by atoms with Gasteiger partial charge in [0.15, 0.2) is 0 Å². The number of alkyl halides is 7. The maximum Gasteiger partial charge on any atom is 0.461 e. The van der Waals surface area contributed by atoms with Crippen LogP contribution in [0.4, 0.5) is 30.7 Å². The van der Waals surface area contributed by atoms with Gasteiger partial charge in [-0.05, 0) is 17.7 Å². The highest BCUT2D eigenvalue weighted by molar-refractivity contribution is 5.85. The summed E-state index contributed by atoms with van der Waals surface area (Å²) < 4.78 is 92.6. The zero-order valence-electron chi connectivity index (χ0n) is 13.4. The maximum absolute atomic E-state index is 12.9. The molecule has 1 heterocycles. The van der Waals surface area contributed by atoms with Gasteiger partial charge < -0.3 is 10.1 Å². The van der Waals surface area contributed by atoms with Gasteiger partial charge in [0.25, 0.3) is 0 Å². The summed E-state index contributed by atoms with van der Waals surface area (Å²) in [6.45, 7) is 1.89. The Morgan fingerprint density at radius 2 is 1.54 bits per heavy atom. The third kappa shape index (κ3) is 6.48. The number of rotatable bonds is 6. The van der Waals surface area contributed by atoms with Crippen LogP contribution in [0.1, 0.15) is 18.0 Å². The molecular weight excluding hydrogens is 393 g/mol. The van der Waals surface area contributed by atoms with E-state index in [1.165, 1.54) is 12.1 Å². The van der Waals surface area contributed by atoms with E-state index in [-0.39, 0.29) is 18.0 Å². The van der Waals surface area contributed by atoms with Gasteiger partial charge in [0.05, 0.1) is 6.42 Å². The van der Waals surface area contributed by atoms with Crippen molar-refractivity contribution >= 4 is 12.4 Å². The number of benzene rings is 1. The van der Waals surface area contributed by atoms with Crippen LogP contribution in [-0.2, 0) is 0 Å². The Hall–Kier alpha value is -1.26.